The lowest BCUT2D eigenvalue weighted by molar-refractivity contribution is 0.111. The second kappa shape index (κ2) is 3.55. The van der Waals surface area contributed by atoms with Crippen molar-refractivity contribution in [2.45, 2.75) is 13.3 Å². The van der Waals surface area contributed by atoms with E-state index in [1.165, 1.54) is 6.92 Å². The van der Waals surface area contributed by atoms with Gasteiger partial charge in [0.15, 0.2) is 12.1 Å². The van der Waals surface area contributed by atoms with Crippen molar-refractivity contribution in [1.29, 1.82) is 0 Å². The van der Waals surface area contributed by atoms with E-state index < -0.39 is 17.9 Å². The van der Waals surface area contributed by atoms with E-state index in [0.29, 0.717) is 0 Å². The van der Waals surface area contributed by atoms with Gasteiger partial charge in [0.25, 0.3) is 6.43 Å². The van der Waals surface area contributed by atoms with E-state index >= 15 is 0 Å². The summed E-state index contributed by atoms with van der Waals surface area (Å²) in [6.45, 7) is 1.43. The van der Waals surface area contributed by atoms with Crippen molar-refractivity contribution >= 4 is 6.29 Å². The lowest BCUT2D eigenvalue weighted by atomic mass is 10.1. The van der Waals surface area contributed by atoms with Gasteiger partial charge in [-0.3, -0.25) is 9.78 Å². The average molecular weight is 189 g/mol. The molecule has 0 aliphatic rings. The van der Waals surface area contributed by atoms with Crippen LogP contribution in [0.2, 0.25) is 0 Å². The molecule has 0 bridgehead atoms. The van der Waals surface area contributed by atoms with Crippen LogP contribution in [0.3, 0.4) is 0 Å². The van der Waals surface area contributed by atoms with Crippen LogP contribution < -0.4 is 0 Å². The summed E-state index contributed by atoms with van der Waals surface area (Å²) in [7, 11) is 0. The number of rotatable bonds is 2. The van der Waals surface area contributed by atoms with Crippen molar-refractivity contribution in [2.75, 3.05) is 0 Å². The van der Waals surface area contributed by atoms with Gasteiger partial charge in [-0.25, -0.2) is 13.2 Å². The molecular formula is C8H6F3NO. The Kier molecular flexibility index (Phi) is 2.65. The van der Waals surface area contributed by atoms with E-state index in [2.05, 4.69) is 4.98 Å². The van der Waals surface area contributed by atoms with E-state index in [1.54, 1.807) is 0 Å². The maximum Gasteiger partial charge on any atom is 0.283 e. The summed E-state index contributed by atoms with van der Waals surface area (Å²) in [4.78, 5) is 13.5. The molecule has 0 saturated heterocycles. The molecule has 70 valence electrons. The monoisotopic (exact) mass is 189 g/mol. The molecule has 0 saturated carbocycles. The number of carbonyl (C=O) groups is 1. The second-order valence-corrected chi connectivity index (χ2v) is 2.47. The molecule has 13 heavy (non-hydrogen) atoms. The predicted octanol–water partition coefficient (Wildman–Crippen LogP) is 2.28. The molecule has 1 heterocycles. The Hall–Kier alpha value is -1.39. The third-order valence-electron chi connectivity index (χ3n) is 1.61. The summed E-state index contributed by atoms with van der Waals surface area (Å²) in [6.07, 6.45) is -1.74. The summed E-state index contributed by atoms with van der Waals surface area (Å²) >= 11 is 0. The van der Waals surface area contributed by atoms with Gasteiger partial charge < -0.3 is 0 Å². The molecule has 0 fully saturated rings. The van der Waals surface area contributed by atoms with Crippen LogP contribution in [0, 0.1) is 12.7 Å². The first kappa shape index (κ1) is 9.70. The molecule has 0 N–H and O–H groups in total. The molecule has 0 aliphatic carbocycles. The number of nitrogens with zero attached hydrogens (tertiary/aromatic N) is 1. The molecule has 1 aromatic heterocycles. The molecule has 0 aromatic carbocycles. The molecule has 1 aromatic rings. The summed E-state index contributed by atoms with van der Waals surface area (Å²) in [6, 6.07) is 0. The summed E-state index contributed by atoms with van der Waals surface area (Å²) < 4.78 is 37.1. The molecule has 0 radical (unpaired) electrons. The number of hydrogen-bond acceptors (Lipinski definition) is 2. The number of hydrogen-bond donors (Lipinski definition) is 0. The van der Waals surface area contributed by atoms with Crippen LogP contribution in [-0.4, -0.2) is 11.3 Å². The fourth-order valence-electron chi connectivity index (χ4n) is 0.900. The summed E-state index contributed by atoms with van der Waals surface area (Å²) in [5, 5.41) is 0. The van der Waals surface area contributed by atoms with Crippen molar-refractivity contribution in [3.8, 4) is 0 Å². The van der Waals surface area contributed by atoms with Gasteiger partial charge in [-0.2, -0.15) is 0 Å². The Morgan fingerprint density at radius 2 is 2.15 bits per heavy atom. The summed E-state index contributed by atoms with van der Waals surface area (Å²) in [5.74, 6) is -1.23. The number of halogens is 3. The lowest BCUT2D eigenvalue weighted by Crippen LogP contribution is -2.02. The molecule has 5 heteroatoms. The van der Waals surface area contributed by atoms with E-state index in [1.807, 2.05) is 0 Å². The van der Waals surface area contributed by atoms with Gasteiger partial charge in [0.2, 0.25) is 0 Å². The zero-order valence-electron chi connectivity index (χ0n) is 6.72. The first-order valence-corrected chi connectivity index (χ1v) is 3.46. The standard InChI is InChI=1S/C8H6F3NO/c1-4-2-12-7(8(10)11)6(9)5(4)3-13/h2-3,8H,1H3. The minimum Gasteiger partial charge on any atom is -0.298 e. The van der Waals surface area contributed by atoms with Crippen LogP contribution in [0.4, 0.5) is 13.2 Å². The van der Waals surface area contributed by atoms with Gasteiger partial charge in [0.05, 0.1) is 5.56 Å². The largest absolute Gasteiger partial charge is 0.298 e. The van der Waals surface area contributed by atoms with Crippen molar-refractivity contribution < 1.29 is 18.0 Å². The first-order valence-electron chi connectivity index (χ1n) is 3.46. The third-order valence-corrected chi connectivity index (χ3v) is 1.61. The zero-order chi connectivity index (χ0) is 10.0. The predicted molar refractivity (Wildman–Crippen MR) is 39.3 cm³/mol. The molecule has 0 spiro atoms. The van der Waals surface area contributed by atoms with Crippen molar-refractivity contribution in [2.24, 2.45) is 0 Å². The van der Waals surface area contributed by atoms with Gasteiger partial charge in [0, 0.05) is 6.20 Å². The highest BCUT2D eigenvalue weighted by Gasteiger charge is 2.19. The maximum absolute atomic E-state index is 13.0. The van der Waals surface area contributed by atoms with Gasteiger partial charge in [-0.15, -0.1) is 0 Å². The van der Waals surface area contributed by atoms with E-state index in [4.69, 9.17) is 0 Å². The highest BCUT2D eigenvalue weighted by Crippen LogP contribution is 2.22. The number of carbonyl (C=O) groups excluding carboxylic acids is 1. The Balaban J connectivity index is 3.35. The lowest BCUT2D eigenvalue weighted by Gasteiger charge is -2.04. The van der Waals surface area contributed by atoms with Gasteiger partial charge in [-0.1, -0.05) is 0 Å². The van der Waals surface area contributed by atoms with Crippen LogP contribution in [0.1, 0.15) is 28.0 Å². The van der Waals surface area contributed by atoms with Crippen LogP contribution in [0.5, 0.6) is 0 Å². The molecule has 0 aliphatic heterocycles. The number of aldehydes is 1. The van der Waals surface area contributed by atoms with Gasteiger partial charge in [0.1, 0.15) is 5.69 Å². The average Bonchev–Trinajstić information content (AvgIpc) is 2.04. The van der Waals surface area contributed by atoms with Crippen LogP contribution in [0.15, 0.2) is 6.20 Å². The minimum atomic E-state index is -3.00. The molecule has 2 nitrogen and oxygen atoms in total. The maximum atomic E-state index is 13.0. The normalized spacial score (nSPS) is 10.5. The van der Waals surface area contributed by atoms with Gasteiger partial charge in [-0.05, 0) is 12.5 Å². The number of aryl methyl sites for hydroxylation is 1. The Bertz CT molecular complexity index is 338. The SMILES string of the molecule is Cc1cnc(C(F)F)c(F)c1C=O. The topological polar surface area (TPSA) is 30.0 Å². The molecular weight excluding hydrogens is 183 g/mol. The number of pyridine rings is 1. The second-order valence-electron chi connectivity index (χ2n) is 2.47. The number of aromatic nitrogens is 1. The van der Waals surface area contributed by atoms with Crippen LogP contribution >= 0.6 is 0 Å². The Morgan fingerprint density at radius 3 is 2.62 bits per heavy atom. The van der Waals surface area contributed by atoms with Crippen LogP contribution in [-0.2, 0) is 0 Å². The first-order chi connectivity index (χ1) is 6.07. The van der Waals surface area contributed by atoms with E-state index in [9.17, 15) is 18.0 Å². The highest BCUT2D eigenvalue weighted by atomic mass is 19.3. The fraction of sp³-hybridized carbons (Fsp3) is 0.250. The van der Waals surface area contributed by atoms with Crippen molar-refractivity contribution in [3.05, 3.63) is 28.8 Å². The molecule has 0 unspecified atom stereocenters. The van der Waals surface area contributed by atoms with Gasteiger partial charge >= 0.3 is 0 Å². The quantitative estimate of drug-likeness (QED) is 0.668. The highest BCUT2D eigenvalue weighted by molar-refractivity contribution is 5.77. The zero-order valence-corrected chi connectivity index (χ0v) is 6.72. The number of alkyl halides is 2. The Morgan fingerprint density at radius 1 is 1.54 bits per heavy atom. The molecule has 0 amide bonds. The third kappa shape index (κ3) is 1.68. The van der Waals surface area contributed by atoms with Crippen LogP contribution in [0.25, 0.3) is 0 Å². The van der Waals surface area contributed by atoms with Crippen molar-refractivity contribution in [3.63, 3.8) is 0 Å². The van der Waals surface area contributed by atoms with Crippen molar-refractivity contribution in [1.82, 2.24) is 4.98 Å². The Labute approximate surface area is 72.4 Å². The minimum absolute atomic E-state index is 0.207. The summed E-state index contributed by atoms with van der Waals surface area (Å²) in [5.41, 5.74) is -1.09. The van der Waals surface area contributed by atoms with E-state index in [0.717, 1.165) is 6.20 Å². The van der Waals surface area contributed by atoms with E-state index in [-0.39, 0.29) is 17.4 Å². The molecule has 0 atom stereocenters. The fourth-order valence-corrected chi connectivity index (χ4v) is 0.900. The molecule has 1 rings (SSSR count). The smallest absolute Gasteiger partial charge is 0.283 e.